The maximum absolute atomic E-state index is 12.9. The minimum absolute atomic E-state index is 0.0637. The van der Waals surface area contributed by atoms with Crippen LogP contribution in [-0.2, 0) is 6.61 Å². The second kappa shape index (κ2) is 5.42. The van der Waals surface area contributed by atoms with Gasteiger partial charge in [0.05, 0.1) is 6.61 Å². The summed E-state index contributed by atoms with van der Waals surface area (Å²) in [5.41, 5.74) is 1.60. The van der Waals surface area contributed by atoms with Crippen LogP contribution in [0.3, 0.4) is 0 Å². The number of carbonyl (C=O) groups excluding carboxylic acids is 1. The molecule has 0 atom stereocenters. The molecule has 0 aliphatic carbocycles. The van der Waals surface area contributed by atoms with E-state index in [9.17, 15) is 9.18 Å². The van der Waals surface area contributed by atoms with E-state index in [1.54, 1.807) is 30.3 Å². The van der Waals surface area contributed by atoms with Gasteiger partial charge in [-0.25, -0.2) is 4.39 Å². The zero-order valence-electron chi connectivity index (χ0n) is 9.56. The Morgan fingerprint density at radius 1 is 1.17 bits per heavy atom. The lowest BCUT2D eigenvalue weighted by atomic mass is 10.1. The first-order valence-electron chi connectivity index (χ1n) is 5.46. The van der Waals surface area contributed by atoms with E-state index >= 15 is 0 Å². The zero-order valence-corrected chi connectivity index (χ0v) is 9.56. The SMILES string of the molecule is O=C(Nc1cccc(F)c1)c1ccc(CO)cc1. The van der Waals surface area contributed by atoms with Gasteiger partial charge in [0.2, 0.25) is 0 Å². The molecule has 0 aromatic heterocycles. The summed E-state index contributed by atoms with van der Waals surface area (Å²) in [4.78, 5) is 11.8. The Labute approximate surface area is 104 Å². The van der Waals surface area contributed by atoms with E-state index in [2.05, 4.69) is 5.32 Å². The molecule has 0 aliphatic rings. The zero-order chi connectivity index (χ0) is 13.0. The van der Waals surface area contributed by atoms with Gasteiger partial charge < -0.3 is 10.4 Å². The third-order valence-corrected chi connectivity index (χ3v) is 2.48. The lowest BCUT2D eigenvalue weighted by Gasteiger charge is -2.05. The first kappa shape index (κ1) is 12.3. The number of aliphatic hydroxyl groups is 1. The van der Waals surface area contributed by atoms with E-state index in [0.717, 1.165) is 5.56 Å². The van der Waals surface area contributed by atoms with Gasteiger partial charge in [-0.2, -0.15) is 0 Å². The van der Waals surface area contributed by atoms with Crippen molar-refractivity contribution in [1.82, 2.24) is 0 Å². The van der Waals surface area contributed by atoms with E-state index in [1.165, 1.54) is 18.2 Å². The molecule has 92 valence electrons. The molecule has 0 heterocycles. The summed E-state index contributed by atoms with van der Waals surface area (Å²) in [6, 6.07) is 12.3. The average Bonchev–Trinajstić information content (AvgIpc) is 2.39. The molecule has 3 nitrogen and oxygen atoms in total. The Hall–Kier alpha value is -2.20. The number of amides is 1. The van der Waals surface area contributed by atoms with Crippen LogP contribution in [0.1, 0.15) is 15.9 Å². The van der Waals surface area contributed by atoms with Crippen LogP contribution in [0.2, 0.25) is 0 Å². The second-order valence-corrected chi connectivity index (χ2v) is 3.82. The lowest BCUT2D eigenvalue weighted by molar-refractivity contribution is 0.102. The molecule has 0 saturated carbocycles. The van der Waals surface area contributed by atoms with Crippen molar-refractivity contribution in [3.63, 3.8) is 0 Å². The highest BCUT2D eigenvalue weighted by atomic mass is 19.1. The van der Waals surface area contributed by atoms with Gasteiger partial charge in [0.1, 0.15) is 5.82 Å². The standard InChI is InChI=1S/C14H12FNO2/c15-12-2-1-3-13(8-12)16-14(18)11-6-4-10(9-17)5-7-11/h1-8,17H,9H2,(H,16,18). The molecule has 0 bridgehead atoms. The molecule has 0 fully saturated rings. The van der Waals surface area contributed by atoms with Crippen molar-refractivity contribution in [3.8, 4) is 0 Å². The Bertz CT molecular complexity index is 552. The molecule has 2 rings (SSSR count). The van der Waals surface area contributed by atoms with Crippen molar-refractivity contribution >= 4 is 11.6 Å². The van der Waals surface area contributed by atoms with Crippen LogP contribution in [0.25, 0.3) is 0 Å². The van der Waals surface area contributed by atoms with Crippen LogP contribution in [0, 0.1) is 5.82 Å². The predicted molar refractivity (Wildman–Crippen MR) is 66.7 cm³/mol. The first-order valence-corrected chi connectivity index (χ1v) is 5.46. The van der Waals surface area contributed by atoms with Crippen LogP contribution in [0.4, 0.5) is 10.1 Å². The van der Waals surface area contributed by atoms with E-state index in [0.29, 0.717) is 11.3 Å². The molecule has 18 heavy (non-hydrogen) atoms. The van der Waals surface area contributed by atoms with Crippen molar-refractivity contribution in [2.75, 3.05) is 5.32 Å². The highest BCUT2D eigenvalue weighted by molar-refractivity contribution is 6.04. The van der Waals surface area contributed by atoms with Crippen LogP contribution in [-0.4, -0.2) is 11.0 Å². The molecule has 1 amide bonds. The third kappa shape index (κ3) is 2.93. The van der Waals surface area contributed by atoms with Crippen LogP contribution >= 0.6 is 0 Å². The quantitative estimate of drug-likeness (QED) is 0.873. The fraction of sp³-hybridized carbons (Fsp3) is 0.0714. The number of aliphatic hydroxyl groups excluding tert-OH is 1. The minimum Gasteiger partial charge on any atom is -0.392 e. The van der Waals surface area contributed by atoms with E-state index in [4.69, 9.17) is 5.11 Å². The summed E-state index contributed by atoms with van der Waals surface area (Å²) < 4.78 is 12.9. The Morgan fingerprint density at radius 3 is 2.50 bits per heavy atom. The van der Waals surface area contributed by atoms with Gasteiger partial charge >= 0.3 is 0 Å². The number of nitrogens with one attached hydrogen (secondary N) is 1. The first-order chi connectivity index (χ1) is 8.69. The summed E-state index contributed by atoms with van der Waals surface area (Å²) in [5.74, 6) is -0.714. The molecular formula is C14H12FNO2. The largest absolute Gasteiger partial charge is 0.392 e. The van der Waals surface area contributed by atoms with E-state index in [1.807, 2.05) is 0 Å². The fourth-order valence-corrected chi connectivity index (χ4v) is 1.53. The van der Waals surface area contributed by atoms with Gasteiger partial charge in [0.15, 0.2) is 0 Å². The molecule has 0 aliphatic heterocycles. The second-order valence-electron chi connectivity index (χ2n) is 3.82. The van der Waals surface area contributed by atoms with Gasteiger partial charge in [-0.1, -0.05) is 18.2 Å². The van der Waals surface area contributed by atoms with Gasteiger partial charge in [-0.05, 0) is 35.9 Å². The number of rotatable bonds is 3. The van der Waals surface area contributed by atoms with Gasteiger partial charge in [0.25, 0.3) is 5.91 Å². The summed E-state index contributed by atoms with van der Waals surface area (Å²) in [6.07, 6.45) is 0. The van der Waals surface area contributed by atoms with Gasteiger partial charge in [-0.15, -0.1) is 0 Å². The molecule has 0 unspecified atom stereocenters. The number of benzene rings is 2. The monoisotopic (exact) mass is 245 g/mol. The maximum atomic E-state index is 12.9. The maximum Gasteiger partial charge on any atom is 0.255 e. The normalized spacial score (nSPS) is 10.1. The Kier molecular flexibility index (Phi) is 3.69. The Balaban J connectivity index is 2.11. The Morgan fingerprint density at radius 2 is 1.89 bits per heavy atom. The van der Waals surface area contributed by atoms with Crippen molar-refractivity contribution < 1.29 is 14.3 Å². The average molecular weight is 245 g/mol. The minimum atomic E-state index is -0.400. The van der Waals surface area contributed by atoms with Gasteiger partial charge in [-0.3, -0.25) is 4.79 Å². The smallest absolute Gasteiger partial charge is 0.255 e. The molecule has 4 heteroatoms. The van der Waals surface area contributed by atoms with Crippen LogP contribution in [0.15, 0.2) is 48.5 Å². The molecule has 0 saturated heterocycles. The molecule has 2 aromatic carbocycles. The highest BCUT2D eigenvalue weighted by Gasteiger charge is 2.06. The number of hydrogen-bond acceptors (Lipinski definition) is 2. The number of carbonyl (C=O) groups is 1. The summed E-state index contributed by atoms with van der Waals surface area (Å²) in [5, 5.41) is 11.5. The molecule has 2 aromatic rings. The summed E-state index contributed by atoms with van der Waals surface area (Å²) >= 11 is 0. The fourth-order valence-electron chi connectivity index (χ4n) is 1.53. The van der Waals surface area contributed by atoms with Crippen LogP contribution in [0.5, 0.6) is 0 Å². The summed E-state index contributed by atoms with van der Waals surface area (Å²) in [7, 11) is 0. The van der Waals surface area contributed by atoms with Crippen molar-refractivity contribution in [2.45, 2.75) is 6.61 Å². The highest BCUT2D eigenvalue weighted by Crippen LogP contribution is 2.12. The topological polar surface area (TPSA) is 49.3 Å². The number of halogens is 1. The van der Waals surface area contributed by atoms with Crippen molar-refractivity contribution in [1.29, 1.82) is 0 Å². The molecule has 0 radical (unpaired) electrons. The lowest BCUT2D eigenvalue weighted by Crippen LogP contribution is -2.11. The van der Waals surface area contributed by atoms with Crippen LogP contribution < -0.4 is 5.32 Å². The van der Waals surface area contributed by atoms with Gasteiger partial charge in [0, 0.05) is 11.3 Å². The van der Waals surface area contributed by atoms with Crippen molar-refractivity contribution in [3.05, 3.63) is 65.5 Å². The molecule has 2 N–H and O–H groups in total. The van der Waals surface area contributed by atoms with Crippen molar-refractivity contribution in [2.24, 2.45) is 0 Å². The third-order valence-electron chi connectivity index (χ3n) is 2.48. The predicted octanol–water partition coefficient (Wildman–Crippen LogP) is 2.57. The molecular weight excluding hydrogens is 233 g/mol. The van der Waals surface area contributed by atoms with E-state index < -0.39 is 5.82 Å². The molecule has 0 spiro atoms. The number of hydrogen-bond donors (Lipinski definition) is 2. The summed E-state index contributed by atoms with van der Waals surface area (Å²) in [6.45, 7) is -0.0637. The number of anilines is 1. The van der Waals surface area contributed by atoms with E-state index in [-0.39, 0.29) is 12.5 Å².